The summed E-state index contributed by atoms with van der Waals surface area (Å²) in [5.41, 5.74) is 10.0. The molecule has 2 nitrogen and oxygen atoms in total. The van der Waals surface area contributed by atoms with Gasteiger partial charge in [-0.1, -0.05) is 48.5 Å². The van der Waals surface area contributed by atoms with E-state index >= 15 is 0 Å². The van der Waals surface area contributed by atoms with Crippen LogP contribution in [-0.2, 0) is 6.42 Å². The Kier molecular flexibility index (Phi) is 4.13. The fourth-order valence-corrected chi connectivity index (χ4v) is 2.18. The summed E-state index contributed by atoms with van der Waals surface area (Å²) in [5, 5.41) is 0. The smallest absolute Gasteiger partial charge is 0.180 e. The summed E-state index contributed by atoms with van der Waals surface area (Å²) < 4.78 is 0. The molecular weight excluding hydrogens is 234 g/mol. The molecule has 2 heteroatoms. The Hall–Kier alpha value is -1.93. The van der Waals surface area contributed by atoms with Gasteiger partial charge in [0.2, 0.25) is 0 Å². The van der Waals surface area contributed by atoms with Crippen molar-refractivity contribution in [3.05, 3.63) is 70.8 Å². The zero-order valence-electron chi connectivity index (χ0n) is 11.4. The summed E-state index contributed by atoms with van der Waals surface area (Å²) in [6.07, 6.45) is 0.576. The number of nitrogens with two attached hydrogens (primary N) is 1. The molecule has 1 unspecified atom stereocenters. The van der Waals surface area contributed by atoms with Gasteiger partial charge in [-0.05, 0) is 37.0 Å². The number of carbonyl (C=O) groups excluding carboxylic acids is 1. The lowest BCUT2D eigenvalue weighted by Gasteiger charge is -2.13. The number of benzene rings is 2. The van der Waals surface area contributed by atoms with Crippen molar-refractivity contribution in [1.82, 2.24) is 0 Å². The summed E-state index contributed by atoms with van der Waals surface area (Å²) >= 11 is 0. The second-order valence-corrected chi connectivity index (χ2v) is 4.91. The summed E-state index contributed by atoms with van der Waals surface area (Å²) in [5.74, 6) is 0.0186. The van der Waals surface area contributed by atoms with E-state index in [1.807, 2.05) is 62.4 Å². The topological polar surface area (TPSA) is 43.1 Å². The van der Waals surface area contributed by atoms with E-state index in [1.54, 1.807) is 0 Å². The van der Waals surface area contributed by atoms with Gasteiger partial charge in [0.05, 0.1) is 6.04 Å². The average molecular weight is 253 g/mol. The second-order valence-electron chi connectivity index (χ2n) is 4.91. The largest absolute Gasteiger partial charge is 0.321 e. The Bertz CT molecular complexity index is 575. The molecular formula is C17H19NO. The van der Waals surface area contributed by atoms with Crippen LogP contribution in [0.4, 0.5) is 0 Å². The Morgan fingerprint density at radius 1 is 1.05 bits per heavy atom. The molecule has 0 aliphatic heterocycles. The molecule has 2 aromatic carbocycles. The van der Waals surface area contributed by atoms with Crippen LogP contribution in [0.25, 0.3) is 0 Å². The van der Waals surface area contributed by atoms with Crippen LogP contribution in [0.1, 0.15) is 27.0 Å². The Morgan fingerprint density at radius 3 is 2.42 bits per heavy atom. The summed E-state index contributed by atoms with van der Waals surface area (Å²) in [6, 6.07) is 15.2. The normalized spacial score (nSPS) is 12.2. The van der Waals surface area contributed by atoms with Gasteiger partial charge >= 0.3 is 0 Å². The molecule has 0 aliphatic carbocycles. The van der Waals surface area contributed by atoms with Crippen molar-refractivity contribution >= 4 is 5.78 Å². The van der Waals surface area contributed by atoms with E-state index in [0.717, 1.165) is 22.3 Å². The lowest BCUT2D eigenvalue weighted by Crippen LogP contribution is -2.33. The fraction of sp³-hybridized carbons (Fsp3) is 0.235. The Balaban J connectivity index is 2.18. The van der Waals surface area contributed by atoms with Crippen molar-refractivity contribution in [3.8, 4) is 0 Å². The van der Waals surface area contributed by atoms with Crippen LogP contribution >= 0.6 is 0 Å². The molecule has 2 aromatic rings. The Labute approximate surface area is 114 Å². The number of ketones is 1. The summed E-state index contributed by atoms with van der Waals surface area (Å²) in [4.78, 5) is 12.4. The maximum absolute atomic E-state index is 12.4. The zero-order chi connectivity index (χ0) is 13.8. The van der Waals surface area contributed by atoms with Crippen molar-refractivity contribution < 1.29 is 4.79 Å². The minimum atomic E-state index is -0.483. The quantitative estimate of drug-likeness (QED) is 0.851. The molecule has 0 fully saturated rings. The highest BCUT2D eigenvalue weighted by Gasteiger charge is 2.18. The van der Waals surface area contributed by atoms with E-state index in [9.17, 15) is 4.79 Å². The molecule has 2 N–H and O–H groups in total. The lowest BCUT2D eigenvalue weighted by molar-refractivity contribution is 0.0960. The number of hydrogen-bond donors (Lipinski definition) is 1. The third kappa shape index (κ3) is 3.09. The highest BCUT2D eigenvalue weighted by atomic mass is 16.1. The molecule has 0 saturated heterocycles. The predicted molar refractivity (Wildman–Crippen MR) is 78.4 cm³/mol. The predicted octanol–water partition coefficient (Wildman–Crippen LogP) is 3.06. The van der Waals surface area contributed by atoms with Crippen LogP contribution in [-0.4, -0.2) is 11.8 Å². The van der Waals surface area contributed by atoms with Crippen LogP contribution in [0.5, 0.6) is 0 Å². The standard InChI is InChI=1S/C17H19NO/c1-12-7-6-10-15(13(12)2)17(19)16(18)11-14-8-4-3-5-9-14/h3-10,16H,11,18H2,1-2H3. The van der Waals surface area contributed by atoms with Crippen LogP contribution < -0.4 is 5.73 Å². The third-order valence-electron chi connectivity index (χ3n) is 3.51. The first-order valence-electron chi connectivity index (χ1n) is 6.49. The van der Waals surface area contributed by atoms with Gasteiger partial charge in [-0.3, -0.25) is 4.79 Å². The van der Waals surface area contributed by atoms with Crippen molar-refractivity contribution in [2.45, 2.75) is 26.3 Å². The number of Topliss-reactive ketones (excluding diaryl/α,β-unsaturated/α-hetero) is 1. The van der Waals surface area contributed by atoms with Gasteiger partial charge in [0.25, 0.3) is 0 Å². The average Bonchev–Trinajstić information content (AvgIpc) is 2.42. The van der Waals surface area contributed by atoms with Crippen molar-refractivity contribution in [2.75, 3.05) is 0 Å². The molecule has 2 rings (SSSR count). The molecule has 0 bridgehead atoms. The van der Waals surface area contributed by atoms with E-state index in [2.05, 4.69) is 0 Å². The number of carbonyl (C=O) groups is 1. The van der Waals surface area contributed by atoms with Crippen LogP contribution in [0.3, 0.4) is 0 Å². The van der Waals surface area contributed by atoms with Gasteiger partial charge in [0, 0.05) is 5.56 Å². The third-order valence-corrected chi connectivity index (χ3v) is 3.51. The van der Waals surface area contributed by atoms with Gasteiger partial charge in [-0.25, -0.2) is 0 Å². The molecule has 0 aromatic heterocycles. The molecule has 0 radical (unpaired) electrons. The highest BCUT2D eigenvalue weighted by molar-refractivity contribution is 6.01. The second kappa shape index (κ2) is 5.81. The first-order valence-corrected chi connectivity index (χ1v) is 6.49. The van der Waals surface area contributed by atoms with Crippen LogP contribution in [0.15, 0.2) is 48.5 Å². The summed E-state index contributed by atoms with van der Waals surface area (Å²) in [7, 11) is 0. The monoisotopic (exact) mass is 253 g/mol. The molecule has 0 amide bonds. The highest BCUT2D eigenvalue weighted by Crippen LogP contribution is 2.15. The van der Waals surface area contributed by atoms with Gasteiger partial charge in [-0.15, -0.1) is 0 Å². The molecule has 19 heavy (non-hydrogen) atoms. The van der Waals surface area contributed by atoms with E-state index < -0.39 is 6.04 Å². The number of aryl methyl sites for hydroxylation is 1. The first-order chi connectivity index (χ1) is 9.09. The number of hydrogen-bond acceptors (Lipinski definition) is 2. The van der Waals surface area contributed by atoms with E-state index in [0.29, 0.717) is 6.42 Å². The van der Waals surface area contributed by atoms with E-state index in [1.165, 1.54) is 0 Å². The first kappa shape index (κ1) is 13.5. The maximum atomic E-state index is 12.4. The van der Waals surface area contributed by atoms with E-state index in [-0.39, 0.29) is 5.78 Å². The van der Waals surface area contributed by atoms with Crippen molar-refractivity contribution in [1.29, 1.82) is 0 Å². The van der Waals surface area contributed by atoms with E-state index in [4.69, 9.17) is 5.73 Å². The lowest BCUT2D eigenvalue weighted by atomic mass is 9.94. The summed E-state index contributed by atoms with van der Waals surface area (Å²) in [6.45, 7) is 3.98. The van der Waals surface area contributed by atoms with Gasteiger partial charge in [0.1, 0.15) is 0 Å². The molecule has 1 atom stereocenters. The minimum absolute atomic E-state index is 0.0186. The van der Waals surface area contributed by atoms with Gasteiger partial charge in [-0.2, -0.15) is 0 Å². The molecule has 0 heterocycles. The molecule has 0 aliphatic rings. The maximum Gasteiger partial charge on any atom is 0.180 e. The molecule has 98 valence electrons. The van der Waals surface area contributed by atoms with Gasteiger partial charge in [0.15, 0.2) is 5.78 Å². The van der Waals surface area contributed by atoms with Crippen molar-refractivity contribution in [3.63, 3.8) is 0 Å². The van der Waals surface area contributed by atoms with Crippen molar-refractivity contribution in [2.24, 2.45) is 5.73 Å². The SMILES string of the molecule is Cc1cccc(C(=O)C(N)Cc2ccccc2)c1C. The number of rotatable bonds is 4. The van der Waals surface area contributed by atoms with Gasteiger partial charge < -0.3 is 5.73 Å². The Morgan fingerprint density at radius 2 is 1.74 bits per heavy atom. The zero-order valence-corrected chi connectivity index (χ0v) is 11.4. The van der Waals surface area contributed by atoms with Crippen LogP contribution in [0, 0.1) is 13.8 Å². The minimum Gasteiger partial charge on any atom is -0.321 e. The molecule has 0 saturated carbocycles. The van der Waals surface area contributed by atoms with Crippen LogP contribution in [0.2, 0.25) is 0 Å². The fourth-order valence-electron chi connectivity index (χ4n) is 2.18. The molecule has 0 spiro atoms.